The average Bonchev–Trinajstić information content (AvgIpc) is 2.60. The second-order valence-corrected chi connectivity index (χ2v) is 6.64. The number of rotatable bonds is 9. The van der Waals surface area contributed by atoms with Crippen molar-refractivity contribution in [2.45, 2.75) is 20.3 Å². The maximum Gasteiger partial charge on any atom is 0.319 e. The third-order valence-electron chi connectivity index (χ3n) is 3.67. The van der Waals surface area contributed by atoms with Crippen molar-refractivity contribution in [2.24, 2.45) is 11.7 Å². The SMILES string of the molecule is CC(C)CCNC(=O)Nc1cccc(NCNc2nc(NC(N)=O)cc(=O)[nH]2)c1. The lowest BCUT2D eigenvalue weighted by Crippen LogP contribution is -2.30. The van der Waals surface area contributed by atoms with E-state index < -0.39 is 11.6 Å². The molecule has 11 nitrogen and oxygen atoms in total. The molecular formula is C18H26N8O3. The highest BCUT2D eigenvalue weighted by atomic mass is 16.2. The van der Waals surface area contributed by atoms with Crippen LogP contribution in [0, 0.1) is 5.92 Å². The summed E-state index contributed by atoms with van der Waals surface area (Å²) in [6.07, 6.45) is 0.910. The molecule has 156 valence electrons. The fourth-order valence-corrected chi connectivity index (χ4v) is 2.32. The zero-order chi connectivity index (χ0) is 21.2. The molecule has 2 aromatic rings. The van der Waals surface area contributed by atoms with Gasteiger partial charge in [0, 0.05) is 24.0 Å². The maximum atomic E-state index is 11.9. The van der Waals surface area contributed by atoms with E-state index in [4.69, 9.17) is 5.73 Å². The van der Waals surface area contributed by atoms with Crippen LogP contribution in [0.1, 0.15) is 20.3 Å². The number of amides is 4. The second-order valence-electron chi connectivity index (χ2n) is 6.64. The summed E-state index contributed by atoms with van der Waals surface area (Å²) in [4.78, 5) is 40.9. The molecule has 0 unspecified atom stereocenters. The number of carbonyl (C=O) groups is 2. The lowest BCUT2D eigenvalue weighted by molar-refractivity contribution is 0.251. The van der Waals surface area contributed by atoms with Gasteiger partial charge in [-0.3, -0.25) is 15.1 Å². The molecule has 2 rings (SSSR count). The van der Waals surface area contributed by atoms with Gasteiger partial charge >= 0.3 is 12.1 Å². The van der Waals surface area contributed by atoms with Crippen LogP contribution in [0.3, 0.4) is 0 Å². The fraction of sp³-hybridized carbons (Fsp3) is 0.333. The minimum absolute atomic E-state index is 0.0402. The molecule has 11 heteroatoms. The summed E-state index contributed by atoms with van der Waals surface area (Å²) >= 11 is 0. The molecule has 4 amide bonds. The number of primary amides is 1. The van der Waals surface area contributed by atoms with E-state index in [0.29, 0.717) is 18.2 Å². The predicted octanol–water partition coefficient (Wildman–Crippen LogP) is 1.91. The first kappa shape index (κ1) is 21.5. The Hall–Kier alpha value is -3.76. The van der Waals surface area contributed by atoms with Crippen LogP contribution in [0.4, 0.5) is 32.7 Å². The van der Waals surface area contributed by atoms with Crippen molar-refractivity contribution < 1.29 is 9.59 Å². The lowest BCUT2D eigenvalue weighted by atomic mass is 10.1. The van der Waals surface area contributed by atoms with Gasteiger partial charge in [0.05, 0.1) is 6.67 Å². The molecule has 0 bridgehead atoms. The van der Waals surface area contributed by atoms with Gasteiger partial charge in [-0.1, -0.05) is 19.9 Å². The molecule has 1 aromatic carbocycles. The van der Waals surface area contributed by atoms with Crippen molar-refractivity contribution in [1.82, 2.24) is 15.3 Å². The van der Waals surface area contributed by atoms with Gasteiger partial charge in [0.1, 0.15) is 5.82 Å². The third-order valence-corrected chi connectivity index (χ3v) is 3.67. The van der Waals surface area contributed by atoms with Crippen LogP contribution in [-0.2, 0) is 0 Å². The number of anilines is 4. The molecule has 0 aliphatic heterocycles. The number of urea groups is 2. The fourth-order valence-electron chi connectivity index (χ4n) is 2.32. The van der Waals surface area contributed by atoms with Crippen LogP contribution in [0.2, 0.25) is 0 Å². The number of carbonyl (C=O) groups excluding carboxylic acids is 2. The normalized spacial score (nSPS) is 10.3. The highest BCUT2D eigenvalue weighted by Crippen LogP contribution is 2.15. The summed E-state index contributed by atoms with van der Waals surface area (Å²) in [7, 11) is 0. The maximum absolute atomic E-state index is 11.9. The van der Waals surface area contributed by atoms with Crippen molar-refractivity contribution in [1.29, 1.82) is 0 Å². The topological polar surface area (TPSA) is 166 Å². The molecule has 0 atom stereocenters. The number of aromatic nitrogens is 2. The summed E-state index contributed by atoms with van der Waals surface area (Å²) in [5, 5.41) is 13.8. The third kappa shape index (κ3) is 8.20. The lowest BCUT2D eigenvalue weighted by Gasteiger charge is -2.12. The summed E-state index contributed by atoms with van der Waals surface area (Å²) in [6, 6.07) is 7.20. The van der Waals surface area contributed by atoms with Crippen LogP contribution in [0.25, 0.3) is 0 Å². The van der Waals surface area contributed by atoms with Crippen LogP contribution in [0.5, 0.6) is 0 Å². The van der Waals surface area contributed by atoms with Gasteiger partial charge in [0.2, 0.25) is 5.95 Å². The molecule has 0 fully saturated rings. The minimum atomic E-state index is -0.815. The van der Waals surface area contributed by atoms with E-state index in [1.54, 1.807) is 18.2 Å². The van der Waals surface area contributed by atoms with E-state index in [0.717, 1.165) is 18.2 Å². The van der Waals surface area contributed by atoms with E-state index in [9.17, 15) is 14.4 Å². The minimum Gasteiger partial charge on any atom is -0.368 e. The molecule has 1 aromatic heterocycles. The number of aromatic amines is 1. The smallest absolute Gasteiger partial charge is 0.319 e. The van der Waals surface area contributed by atoms with Gasteiger partial charge in [-0.15, -0.1) is 0 Å². The molecule has 0 aliphatic carbocycles. The number of nitrogens with one attached hydrogen (secondary N) is 6. The number of benzene rings is 1. The van der Waals surface area contributed by atoms with E-state index in [2.05, 4.69) is 50.4 Å². The summed E-state index contributed by atoms with van der Waals surface area (Å²) < 4.78 is 0. The van der Waals surface area contributed by atoms with Crippen molar-refractivity contribution in [3.05, 3.63) is 40.7 Å². The number of nitrogens with zero attached hydrogens (tertiary/aromatic N) is 1. The Morgan fingerprint density at radius 3 is 2.62 bits per heavy atom. The van der Waals surface area contributed by atoms with Crippen LogP contribution in [-0.4, -0.2) is 35.2 Å². The van der Waals surface area contributed by atoms with Gasteiger partial charge < -0.3 is 27.0 Å². The van der Waals surface area contributed by atoms with Gasteiger partial charge in [-0.25, -0.2) is 9.59 Å². The van der Waals surface area contributed by atoms with Gasteiger partial charge in [-0.05, 0) is 30.5 Å². The standard InChI is InChI=1S/C18H26N8O3/c1-11(2)6-7-20-18(29)23-13-5-3-4-12(8-13)21-10-22-17-25-14(24-16(19)28)9-15(27)26-17/h3-5,8-9,11,21H,6-7,10H2,1-2H3,(H2,20,23,29)(H5,19,22,24,25,26,27,28). The number of nitrogens with two attached hydrogens (primary N) is 1. The molecule has 0 saturated heterocycles. The monoisotopic (exact) mass is 402 g/mol. The van der Waals surface area contributed by atoms with E-state index >= 15 is 0 Å². The Balaban J connectivity index is 1.86. The second kappa shape index (κ2) is 10.5. The summed E-state index contributed by atoms with van der Waals surface area (Å²) in [6.45, 7) is 5.03. The molecule has 0 saturated carbocycles. The molecule has 0 aliphatic rings. The molecule has 1 heterocycles. The zero-order valence-electron chi connectivity index (χ0n) is 16.3. The largest absolute Gasteiger partial charge is 0.368 e. The Kier molecular flexibility index (Phi) is 7.83. The first-order chi connectivity index (χ1) is 13.8. The van der Waals surface area contributed by atoms with Crippen molar-refractivity contribution in [3.63, 3.8) is 0 Å². The van der Waals surface area contributed by atoms with Crippen LogP contribution < -0.4 is 37.9 Å². The van der Waals surface area contributed by atoms with Crippen LogP contribution in [0.15, 0.2) is 35.1 Å². The highest BCUT2D eigenvalue weighted by molar-refractivity contribution is 5.89. The highest BCUT2D eigenvalue weighted by Gasteiger charge is 2.04. The number of hydrogen-bond donors (Lipinski definition) is 7. The molecule has 29 heavy (non-hydrogen) atoms. The van der Waals surface area contributed by atoms with E-state index in [1.807, 2.05) is 6.07 Å². The first-order valence-corrected chi connectivity index (χ1v) is 9.12. The van der Waals surface area contributed by atoms with Gasteiger partial charge in [-0.2, -0.15) is 4.98 Å². The Morgan fingerprint density at radius 2 is 1.90 bits per heavy atom. The number of hydrogen-bond acceptors (Lipinski definition) is 6. The molecule has 0 spiro atoms. The van der Waals surface area contributed by atoms with Crippen molar-refractivity contribution in [3.8, 4) is 0 Å². The molecular weight excluding hydrogens is 376 g/mol. The van der Waals surface area contributed by atoms with Crippen molar-refractivity contribution in [2.75, 3.05) is 34.5 Å². The quantitative estimate of drug-likeness (QED) is 0.316. The average molecular weight is 402 g/mol. The van der Waals surface area contributed by atoms with Gasteiger partial charge in [0.25, 0.3) is 5.56 Å². The predicted molar refractivity (Wildman–Crippen MR) is 113 cm³/mol. The van der Waals surface area contributed by atoms with Crippen LogP contribution >= 0.6 is 0 Å². The van der Waals surface area contributed by atoms with Crippen molar-refractivity contribution >= 4 is 35.2 Å². The Labute approximate surface area is 167 Å². The Bertz CT molecular complexity index is 897. The molecule has 8 N–H and O–H groups in total. The zero-order valence-corrected chi connectivity index (χ0v) is 16.3. The van der Waals surface area contributed by atoms with Gasteiger partial charge in [0.15, 0.2) is 0 Å². The van der Waals surface area contributed by atoms with E-state index in [1.165, 1.54) is 0 Å². The number of H-pyrrole nitrogens is 1. The summed E-state index contributed by atoms with van der Waals surface area (Å²) in [5.41, 5.74) is 5.95. The molecule has 0 radical (unpaired) electrons. The van der Waals surface area contributed by atoms with E-state index in [-0.39, 0.29) is 24.5 Å². The summed E-state index contributed by atoms with van der Waals surface area (Å²) in [5.74, 6) is 0.720. The Morgan fingerprint density at radius 1 is 1.14 bits per heavy atom. The first-order valence-electron chi connectivity index (χ1n) is 9.12.